The van der Waals surface area contributed by atoms with E-state index in [-0.39, 0.29) is 44.5 Å². The number of aryl methyl sites for hydroxylation is 2. The lowest BCUT2D eigenvalue weighted by Gasteiger charge is -2.35. The third-order valence-electron chi connectivity index (χ3n) is 8.08. The lowest BCUT2D eigenvalue weighted by Crippen LogP contribution is -2.56. The van der Waals surface area contributed by atoms with Gasteiger partial charge in [-0.25, -0.2) is 0 Å². The molecule has 4 aliphatic rings. The molecule has 0 radical (unpaired) electrons. The van der Waals surface area contributed by atoms with E-state index in [2.05, 4.69) is 5.32 Å². The lowest BCUT2D eigenvalue weighted by atomic mass is 9.78. The average Bonchev–Trinajstić information content (AvgIpc) is 3.27. The van der Waals surface area contributed by atoms with Gasteiger partial charge in [0.2, 0.25) is 11.8 Å². The maximum Gasteiger partial charge on any atom is 0.313 e. The maximum atomic E-state index is 14.4. The van der Waals surface area contributed by atoms with Crippen LogP contribution in [0.5, 0.6) is 0 Å². The molecule has 6 atom stereocenters. The molecule has 10 nitrogen and oxygen atoms in total. The van der Waals surface area contributed by atoms with E-state index >= 15 is 0 Å². The number of para-hydroxylation sites is 1. The van der Waals surface area contributed by atoms with E-state index in [0.29, 0.717) is 6.42 Å². The van der Waals surface area contributed by atoms with Crippen molar-refractivity contribution in [2.75, 3.05) is 31.1 Å². The summed E-state index contributed by atoms with van der Waals surface area (Å²) in [6.07, 6.45) is 6.29. The van der Waals surface area contributed by atoms with Gasteiger partial charge in [-0.05, 0) is 38.3 Å². The van der Waals surface area contributed by atoms with Crippen LogP contribution in [0.2, 0.25) is 0 Å². The Hall–Kier alpha value is -3.50. The second-order valence-corrected chi connectivity index (χ2v) is 10.7. The van der Waals surface area contributed by atoms with Crippen molar-refractivity contribution < 1.29 is 33.8 Å². The highest BCUT2D eigenvalue weighted by atomic mass is 16.6. The van der Waals surface area contributed by atoms with Crippen molar-refractivity contribution >= 4 is 29.4 Å². The van der Waals surface area contributed by atoms with Gasteiger partial charge in [0.25, 0.3) is 5.91 Å². The standard InChI is InChI=1S/C29H35N3O7/c1-17-8-6-9-18(2)24(17)31-13-7-12-29-23(26(35)32(14-15-33)25(29)27(31)36)22-20(39-29)10-4-5-11-21(34)30-16-19(3)38-28(22)37/h4,6-10,12,19-20,22-23,25,33H,5,11,13-16H2,1-3H3,(H,30,34)/b10-4-/t19-,20-,22+,23+,25-,29+/m0/s1. The Morgan fingerprint density at radius 1 is 1.10 bits per heavy atom. The Morgan fingerprint density at radius 2 is 1.85 bits per heavy atom. The molecular weight excluding hydrogens is 502 g/mol. The van der Waals surface area contributed by atoms with Crippen molar-refractivity contribution in [1.82, 2.24) is 10.2 Å². The topological polar surface area (TPSA) is 125 Å². The Kier molecular flexibility index (Phi) is 7.35. The Bertz CT molecular complexity index is 1220. The first-order chi connectivity index (χ1) is 18.7. The second kappa shape index (κ2) is 10.6. The summed E-state index contributed by atoms with van der Waals surface area (Å²) in [5.41, 5.74) is 1.17. The largest absolute Gasteiger partial charge is 0.460 e. The molecule has 3 amide bonds. The summed E-state index contributed by atoms with van der Waals surface area (Å²) in [5.74, 6) is -3.55. The zero-order chi connectivity index (χ0) is 27.9. The lowest BCUT2D eigenvalue weighted by molar-refractivity contribution is -0.158. The van der Waals surface area contributed by atoms with Crippen LogP contribution in [-0.4, -0.2) is 83.8 Å². The van der Waals surface area contributed by atoms with Crippen LogP contribution in [0.3, 0.4) is 0 Å². The molecule has 4 aliphatic heterocycles. The first-order valence-electron chi connectivity index (χ1n) is 13.5. The molecule has 0 unspecified atom stereocenters. The molecule has 2 fully saturated rings. The number of β-amino-alcohol motifs (C(OH)–C–C–N with tert-alkyl or cyclic N) is 1. The number of allylic oxidation sites excluding steroid dienone is 1. The number of hydrogen-bond acceptors (Lipinski definition) is 7. The fourth-order valence-electron chi connectivity index (χ4n) is 6.44. The number of nitrogens with one attached hydrogen (secondary N) is 1. The van der Waals surface area contributed by atoms with E-state index in [1.807, 2.05) is 38.1 Å². The highest BCUT2D eigenvalue weighted by molar-refractivity contribution is 6.06. The number of esters is 1. The number of amides is 3. The van der Waals surface area contributed by atoms with Crippen LogP contribution in [0.1, 0.15) is 30.9 Å². The van der Waals surface area contributed by atoms with Gasteiger partial charge < -0.3 is 29.7 Å². The number of aliphatic hydroxyl groups excluding tert-OH is 1. The molecule has 2 N–H and O–H groups in total. The number of rotatable bonds is 3. The quantitative estimate of drug-likeness (QED) is 0.438. The van der Waals surface area contributed by atoms with E-state index in [1.165, 1.54) is 4.90 Å². The van der Waals surface area contributed by atoms with Gasteiger partial charge in [0.1, 0.15) is 23.7 Å². The fraction of sp³-hybridized carbons (Fsp3) is 0.517. The van der Waals surface area contributed by atoms with Crippen molar-refractivity contribution in [2.24, 2.45) is 11.8 Å². The number of carbonyl (C=O) groups excluding carboxylic acids is 4. The van der Waals surface area contributed by atoms with Crippen molar-refractivity contribution in [3.8, 4) is 0 Å². The molecule has 1 spiro atoms. The molecule has 0 aliphatic carbocycles. The van der Waals surface area contributed by atoms with Gasteiger partial charge in [-0.15, -0.1) is 0 Å². The summed E-state index contributed by atoms with van der Waals surface area (Å²) >= 11 is 0. The number of fused-ring (bicyclic) bond motifs is 2. The third kappa shape index (κ3) is 4.55. The minimum absolute atomic E-state index is 0.0734. The summed E-state index contributed by atoms with van der Waals surface area (Å²) in [7, 11) is 0. The predicted molar refractivity (Wildman–Crippen MR) is 142 cm³/mol. The van der Waals surface area contributed by atoms with Gasteiger partial charge in [0.05, 0.1) is 25.2 Å². The van der Waals surface area contributed by atoms with E-state index < -0.39 is 47.6 Å². The molecule has 0 bridgehead atoms. The SMILES string of the molecule is Cc1cccc(C)c1N1CC=C[C@@]23O[C@H]4/C=C\CCC(=O)NC[C@H](C)OC(=O)[C@H]4[C@@H]2C(=O)N(CCO)[C@H]3C1=O. The number of cyclic esters (lactones) is 1. The molecule has 1 aromatic carbocycles. The highest BCUT2D eigenvalue weighted by Crippen LogP contribution is 2.53. The number of likely N-dealkylation sites (tertiary alicyclic amines) is 1. The first kappa shape index (κ1) is 27.1. The average molecular weight is 538 g/mol. The number of aliphatic hydroxyl groups is 1. The summed E-state index contributed by atoms with van der Waals surface area (Å²) in [4.78, 5) is 57.0. The van der Waals surface area contributed by atoms with E-state index in [9.17, 15) is 24.3 Å². The molecule has 0 aromatic heterocycles. The molecule has 10 heteroatoms. The highest BCUT2D eigenvalue weighted by Gasteiger charge is 2.71. The zero-order valence-electron chi connectivity index (χ0n) is 22.5. The molecule has 5 rings (SSSR count). The summed E-state index contributed by atoms with van der Waals surface area (Å²) in [5, 5.41) is 12.6. The molecular formula is C29H35N3O7. The van der Waals surface area contributed by atoms with Crippen LogP contribution in [-0.2, 0) is 28.7 Å². The summed E-state index contributed by atoms with van der Waals surface area (Å²) < 4.78 is 12.3. The van der Waals surface area contributed by atoms with Crippen LogP contribution < -0.4 is 10.2 Å². The number of benzene rings is 1. The van der Waals surface area contributed by atoms with Gasteiger partial charge in [-0.2, -0.15) is 0 Å². The van der Waals surface area contributed by atoms with Gasteiger partial charge in [0, 0.05) is 25.2 Å². The van der Waals surface area contributed by atoms with Crippen molar-refractivity contribution in [3.63, 3.8) is 0 Å². The number of carbonyl (C=O) groups is 4. The van der Waals surface area contributed by atoms with E-state index in [0.717, 1.165) is 16.8 Å². The zero-order valence-corrected chi connectivity index (χ0v) is 22.5. The smallest absolute Gasteiger partial charge is 0.313 e. The van der Waals surface area contributed by atoms with Crippen molar-refractivity contribution in [3.05, 3.63) is 53.6 Å². The fourth-order valence-corrected chi connectivity index (χ4v) is 6.44. The molecule has 4 heterocycles. The summed E-state index contributed by atoms with van der Waals surface area (Å²) in [6, 6.07) is 4.71. The number of ether oxygens (including phenoxy) is 2. The Morgan fingerprint density at radius 3 is 2.56 bits per heavy atom. The normalized spacial score (nSPS) is 33.8. The van der Waals surface area contributed by atoms with Crippen LogP contribution >= 0.6 is 0 Å². The monoisotopic (exact) mass is 537 g/mol. The maximum absolute atomic E-state index is 14.4. The van der Waals surface area contributed by atoms with Crippen LogP contribution in [0.25, 0.3) is 0 Å². The minimum atomic E-state index is -1.43. The van der Waals surface area contributed by atoms with Crippen LogP contribution in [0.4, 0.5) is 5.69 Å². The van der Waals surface area contributed by atoms with Crippen molar-refractivity contribution in [1.29, 1.82) is 0 Å². The molecule has 2 saturated heterocycles. The first-order valence-corrected chi connectivity index (χ1v) is 13.5. The van der Waals surface area contributed by atoms with Gasteiger partial charge in [0.15, 0.2) is 0 Å². The van der Waals surface area contributed by atoms with E-state index in [1.54, 1.807) is 30.1 Å². The molecule has 0 saturated carbocycles. The van der Waals surface area contributed by atoms with Gasteiger partial charge in [-0.3, -0.25) is 19.2 Å². The van der Waals surface area contributed by atoms with Gasteiger partial charge >= 0.3 is 5.97 Å². The summed E-state index contributed by atoms with van der Waals surface area (Å²) in [6.45, 7) is 5.53. The number of anilines is 1. The number of hydrogen-bond donors (Lipinski definition) is 2. The van der Waals surface area contributed by atoms with Crippen molar-refractivity contribution in [2.45, 2.75) is 57.5 Å². The molecule has 1 aromatic rings. The van der Waals surface area contributed by atoms with Gasteiger partial charge in [-0.1, -0.05) is 42.5 Å². The van der Waals surface area contributed by atoms with E-state index in [4.69, 9.17) is 9.47 Å². The minimum Gasteiger partial charge on any atom is -0.460 e. The Balaban J connectivity index is 1.60. The van der Waals surface area contributed by atoms with Crippen LogP contribution in [0.15, 0.2) is 42.5 Å². The van der Waals surface area contributed by atoms with Crippen LogP contribution in [0, 0.1) is 25.7 Å². The molecule has 39 heavy (non-hydrogen) atoms. The number of nitrogens with zero attached hydrogens (tertiary/aromatic N) is 2. The third-order valence-corrected chi connectivity index (χ3v) is 8.08. The molecule has 208 valence electrons. The Labute approximate surface area is 227 Å². The second-order valence-electron chi connectivity index (χ2n) is 10.7. The predicted octanol–water partition coefficient (Wildman–Crippen LogP) is 1.18.